The molecule has 1 aliphatic rings. The number of aliphatic hydroxyl groups is 1. The Bertz CT molecular complexity index is 304. The Kier molecular flexibility index (Phi) is 2.52. The minimum Gasteiger partial charge on any atom is -0.393 e. The number of rotatable bonds is 3. The summed E-state index contributed by atoms with van der Waals surface area (Å²) in [4.78, 5) is 0. The van der Waals surface area contributed by atoms with Crippen LogP contribution in [0, 0.1) is 0 Å². The lowest BCUT2D eigenvalue weighted by Crippen LogP contribution is -2.38. The highest BCUT2D eigenvalue weighted by atomic mass is 16.3. The summed E-state index contributed by atoms with van der Waals surface area (Å²) in [6, 6.07) is 0.699. The molecule has 1 aromatic heterocycles. The molecule has 0 aromatic carbocycles. The van der Waals surface area contributed by atoms with Crippen molar-refractivity contribution in [2.24, 2.45) is 5.73 Å². The van der Waals surface area contributed by atoms with Gasteiger partial charge in [-0.25, -0.2) is 4.68 Å². The van der Waals surface area contributed by atoms with Crippen molar-refractivity contribution in [2.45, 2.75) is 44.4 Å². The Morgan fingerprint density at radius 3 is 3.00 bits per heavy atom. The molecule has 2 rings (SSSR count). The molecule has 14 heavy (non-hydrogen) atoms. The number of nitrogens with zero attached hydrogens (tertiary/aromatic N) is 3. The van der Waals surface area contributed by atoms with Gasteiger partial charge in [0.05, 0.1) is 24.0 Å². The van der Waals surface area contributed by atoms with Gasteiger partial charge in [0.2, 0.25) is 0 Å². The number of aliphatic hydroxyl groups excluding tert-OH is 1. The first-order chi connectivity index (χ1) is 6.66. The zero-order valence-corrected chi connectivity index (χ0v) is 8.30. The molecule has 0 amide bonds. The molecule has 78 valence electrons. The van der Waals surface area contributed by atoms with Gasteiger partial charge in [0.15, 0.2) is 0 Å². The molecule has 1 atom stereocenters. The van der Waals surface area contributed by atoms with Crippen LogP contribution in [0.4, 0.5) is 0 Å². The summed E-state index contributed by atoms with van der Waals surface area (Å²) in [7, 11) is 0. The number of hydrogen-bond donors (Lipinski definition) is 2. The Balaban J connectivity index is 2.06. The molecule has 1 aromatic rings. The molecule has 5 heteroatoms. The van der Waals surface area contributed by atoms with Gasteiger partial charge in [-0.15, -0.1) is 5.10 Å². The van der Waals surface area contributed by atoms with E-state index in [1.165, 1.54) is 0 Å². The Morgan fingerprint density at radius 2 is 2.43 bits per heavy atom. The van der Waals surface area contributed by atoms with Crippen LogP contribution in [0.3, 0.4) is 0 Å². The molecular weight excluding hydrogens is 180 g/mol. The third kappa shape index (κ3) is 1.78. The van der Waals surface area contributed by atoms with Crippen molar-refractivity contribution >= 4 is 0 Å². The molecule has 1 heterocycles. The van der Waals surface area contributed by atoms with Gasteiger partial charge in [-0.05, 0) is 19.8 Å². The lowest BCUT2D eigenvalue weighted by atomic mass is 9.87. The lowest BCUT2D eigenvalue weighted by molar-refractivity contribution is 0.184. The molecule has 0 aliphatic heterocycles. The van der Waals surface area contributed by atoms with E-state index in [1.807, 2.05) is 4.68 Å². The lowest BCUT2D eigenvalue weighted by Gasteiger charge is -2.33. The van der Waals surface area contributed by atoms with Gasteiger partial charge >= 0.3 is 0 Å². The van der Waals surface area contributed by atoms with Crippen molar-refractivity contribution < 1.29 is 5.11 Å². The van der Waals surface area contributed by atoms with E-state index >= 15 is 0 Å². The summed E-state index contributed by atoms with van der Waals surface area (Å²) in [6.45, 7) is 1.77. The monoisotopic (exact) mass is 196 g/mol. The normalized spacial score (nSPS) is 28.5. The van der Waals surface area contributed by atoms with E-state index in [0.717, 1.165) is 18.5 Å². The van der Waals surface area contributed by atoms with E-state index in [-0.39, 0.29) is 6.10 Å². The predicted octanol–water partition coefficient (Wildman–Crippen LogP) is -0.136. The van der Waals surface area contributed by atoms with Crippen LogP contribution < -0.4 is 5.73 Å². The number of hydrogen-bond acceptors (Lipinski definition) is 4. The van der Waals surface area contributed by atoms with Crippen LogP contribution in [0.25, 0.3) is 0 Å². The highest BCUT2D eigenvalue weighted by Gasteiger charge is 2.29. The fourth-order valence-electron chi connectivity index (χ4n) is 1.85. The minimum atomic E-state index is -0.346. The van der Waals surface area contributed by atoms with Gasteiger partial charge in [0, 0.05) is 12.5 Å². The predicted molar refractivity (Wildman–Crippen MR) is 51.7 cm³/mol. The standard InChI is InChI=1S/C9H16N4O/c1-6(14)2-9-5-11-12-13(9)8-3-7(10)4-8/h5-8,14H,2-4,10H2,1H3/t6-,7?,8?/m1/s1. The van der Waals surface area contributed by atoms with Crippen LogP contribution >= 0.6 is 0 Å². The zero-order valence-electron chi connectivity index (χ0n) is 8.30. The number of aromatic nitrogens is 3. The van der Waals surface area contributed by atoms with Crippen LogP contribution in [0.5, 0.6) is 0 Å². The molecule has 1 fully saturated rings. The van der Waals surface area contributed by atoms with Crippen molar-refractivity contribution in [2.75, 3.05) is 0 Å². The van der Waals surface area contributed by atoms with Gasteiger partial charge in [-0.3, -0.25) is 0 Å². The summed E-state index contributed by atoms with van der Waals surface area (Å²) in [5, 5.41) is 17.2. The van der Waals surface area contributed by atoms with Crippen molar-refractivity contribution in [1.29, 1.82) is 0 Å². The first-order valence-corrected chi connectivity index (χ1v) is 4.99. The number of nitrogens with two attached hydrogens (primary N) is 1. The van der Waals surface area contributed by atoms with Gasteiger partial charge in [0.25, 0.3) is 0 Å². The summed E-state index contributed by atoms with van der Waals surface area (Å²) >= 11 is 0. The first-order valence-electron chi connectivity index (χ1n) is 4.99. The molecule has 3 N–H and O–H groups in total. The summed E-state index contributed by atoms with van der Waals surface area (Å²) in [6.07, 6.45) is 3.92. The molecule has 1 aliphatic carbocycles. The van der Waals surface area contributed by atoms with Gasteiger partial charge < -0.3 is 10.8 Å². The fourth-order valence-corrected chi connectivity index (χ4v) is 1.85. The summed E-state index contributed by atoms with van der Waals surface area (Å²) in [5.74, 6) is 0. The maximum atomic E-state index is 9.28. The van der Waals surface area contributed by atoms with Crippen LogP contribution in [0.1, 0.15) is 31.5 Å². The smallest absolute Gasteiger partial charge is 0.0726 e. The Labute approximate surface area is 82.9 Å². The van der Waals surface area contributed by atoms with Gasteiger partial charge in [0.1, 0.15) is 0 Å². The minimum absolute atomic E-state index is 0.309. The second kappa shape index (κ2) is 3.67. The highest BCUT2D eigenvalue weighted by molar-refractivity contribution is 5.00. The molecule has 0 spiro atoms. The molecule has 0 unspecified atom stereocenters. The molecule has 0 saturated heterocycles. The molecule has 0 bridgehead atoms. The topological polar surface area (TPSA) is 77.0 Å². The van der Waals surface area contributed by atoms with Gasteiger partial charge in [-0.2, -0.15) is 0 Å². The van der Waals surface area contributed by atoms with Crippen molar-refractivity contribution in [3.05, 3.63) is 11.9 Å². The van der Waals surface area contributed by atoms with E-state index in [0.29, 0.717) is 18.5 Å². The summed E-state index contributed by atoms with van der Waals surface area (Å²) in [5.41, 5.74) is 6.71. The van der Waals surface area contributed by atoms with Crippen molar-refractivity contribution in [1.82, 2.24) is 15.0 Å². The van der Waals surface area contributed by atoms with Crippen LogP contribution in [-0.4, -0.2) is 32.2 Å². The van der Waals surface area contributed by atoms with Gasteiger partial charge in [-0.1, -0.05) is 5.21 Å². The molecular formula is C9H16N4O. The quantitative estimate of drug-likeness (QED) is 0.705. The van der Waals surface area contributed by atoms with Crippen LogP contribution in [-0.2, 0) is 6.42 Å². The van der Waals surface area contributed by atoms with Crippen LogP contribution in [0.2, 0.25) is 0 Å². The van der Waals surface area contributed by atoms with E-state index < -0.39 is 0 Å². The van der Waals surface area contributed by atoms with E-state index in [1.54, 1.807) is 13.1 Å². The SMILES string of the molecule is C[C@@H](O)Cc1cnnn1C1CC(N)C1. The third-order valence-corrected chi connectivity index (χ3v) is 2.65. The van der Waals surface area contributed by atoms with Crippen LogP contribution in [0.15, 0.2) is 6.20 Å². The molecule has 1 saturated carbocycles. The first kappa shape index (κ1) is 9.61. The second-order valence-corrected chi connectivity index (χ2v) is 4.11. The average molecular weight is 196 g/mol. The Hall–Kier alpha value is -0.940. The maximum absolute atomic E-state index is 9.28. The van der Waals surface area contributed by atoms with Crippen molar-refractivity contribution in [3.63, 3.8) is 0 Å². The van der Waals surface area contributed by atoms with E-state index in [4.69, 9.17) is 5.73 Å². The van der Waals surface area contributed by atoms with Crippen molar-refractivity contribution in [3.8, 4) is 0 Å². The largest absolute Gasteiger partial charge is 0.393 e. The average Bonchev–Trinajstić information content (AvgIpc) is 2.45. The Morgan fingerprint density at radius 1 is 1.71 bits per heavy atom. The maximum Gasteiger partial charge on any atom is 0.0726 e. The molecule has 5 nitrogen and oxygen atoms in total. The second-order valence-electron chi connectivity index (χ2n) is 4.11. The third-order valence-electron chi connectivity index (χ3n) is 2.65. The highest BCUT2D eigenvalue weighted by Crippen LogP contribution is 2.30. The molecule has 0 radical (unpaired) electrons. The van der Waals surface area contributed by atoms with E-state index in [9.17, 15) is 5.11 Å². The zero-order chi connectivity index (χ0) is 10.1. The summed E-state index contributed by atoms with van der Waals surface area (Å²) < 4.78 is 1.90. The van der Waals surface area contributed by atoms with E-state index in [2.05, 4.69) is 10.3 Å². The fraction of sp³-hybridized carbons (Fsp3) is 0.778.